The number of benzene rings is 1. The maximum absolute atomic E-state index is 12.0. The summed E-state index contributed by atoms with van der Waals surface area (Å²) in [6.45, 7) is 6.85. The van der Waals surface area contributed by atoms with E-state index in [2.05, 4.69) is 48.7 Å². The van der Waals surface area contributed by atoms with Crippen LogP contribution in [0.1, 0.15) is 43.7 Å². The molecule has 0 aromatic heterocycles. The number of rotatable bonds is 7. The van der Waals surface area contributed by atoms with E-state index in [1.807, 2.05) is 4.90 Å². The van der Waals surface area contributed by atoms with E-state index in [9.17, 15) is 9.59 Å². The first-order valence-corrected chi connectivity index (χ1v) is 9.08. The lowest BCUT2D eigenvalue weighted by Gasteiger charge is -2.31. The summed E-state index contributed by atoms with van der Waals surface area (Å²) in [6, 6.07) is 8.61. The molecule has 1 aromatic rings. The van der Waals surface area contributed by atoms with E-state index in [1.54, 1.807) is 0 Å². The zero-order valence-electron chi connectivity index (χ0n) is 15.3. The molecule has 1 aliphatic rings. The number of primary amides is 1. The monoisotopic (exact) mass is 346 g/mol. The van der Waals surface area contributed by atoms with Crippen molar-refractivity contribution in [3.63, 3.8) is 0 Å². The van der Waals surface area contributed by atoms with Crippen molar-refractivity contribution in [1.82, 2.24) is 15.5 Å². The van der Waals surface area contributed by atoms with E-state index in [1.165, 1.54) is 11.1 Å². The highest BCUT2D eigenvalue weighted by Gasteiger charge is 2.21. The lowest BCUT2D eigenvalue weighted by Crippen LogP contribution is -2.49. The van der Waals surface area contributed by atoms with E-state index in [4.69, 9.17) is 5.73 Å². The molecule has 6 heteroatoms. The summed E-state index contributed by atoms with van der Waals surface area (Å²) in [7, 11) is 0. The predicted octanol–water partition coefficient (Wildman–Crippen LogP) is 1.60. The Kier molecular flexibility index (Phi) is 7.25. The van der Waals surface area contributed by atoms with Crippen LogP contribution in [-0.4, -0.2) is 49.1 Å². The number of hydrogen-bond donors (Lipinski definition) is 3. The zero-order chi connectivity index (χ0) is 18.2. The highest BCUT2D eigenvalue weighted by Crippen LogP contribution is 2.14. The van der Waals surface area contributed by atoms with Crippen LogP contribution in [0.2, 0.25) is 0 Å². The van der Waals surface area contributed by atoms with Crippen molar-refractivity contribution >= 4 is 11.9 Å². The molecular formula is C19H30N4O2. The zero-order valence-corrected chi connectivity index (χ0v) is 15.3. The number of urea groups is 1. The summed E-state index contributed by atoms with van der Waals surface area (Å²) in [5, 5.41) is 5.93. The Balaban J connectivity index is 1.63. The topological polar surface area (TPSA) is 87.5 Å². The van der Waals surface area contributed by atoms with Gasteiger partial charge in [-0.25, -0.2) is 4.79 Å². The molecule has 0 unspecified atom stereocenters. The number of nitrogens with zero attached hydrogens (tertiary/aromatic N) is 1. The molecule has 0 radical (unpaired) electrons. The van der Waals surface area contributed by atoms with Gasteiger partial charge in [-0.15, -0.1) is 0 Å². The van der Waals surface area contributed by atoms with Crippen LogP contribution in [0, 0.1) is 0 Å². The fourth-order valence-corrected chi connectivity index (χ4v) is 3.08. The molecule has 3 amide bonds. The van der Waals surface area contributed by atoms with Gasteiger partial charge < -0.3 is 16.4 Å². The van der Waals surface area contributed by atoms with Crippen molar-refractivity contribution in [2.24, 2.45) is 5.73 Å². The lowest BCUT2D eigenvalue weighted by molar-refractivity contribution is -0.119. The summed E-state index contributed by atoms with van der Waals surface area (Å²) in [5.74, 6) is 0.234. The third-order valence-corrected chi connectivity index (χ3v) is 4.65. The van der Waals surface area contributed by atoms with Gasteiger partial charge in [0.05, 0.1) is 6.54 Å². The number of hydrogen-bond acceptors (Lipinski definition) is 3. The van der Waals surface area contributed by atoms with Gasteiger partial charge in [-0.3, -0.25) is 9.69 Å². The van der Waals surface area contributed by atoms with Crippen LogP contribution < -0.4 is 16.4 Å². The molecule has 0 spiro atoms. The minimum absolute atomic E-state index is 0.118. The van der Waals surface area contributed by atoms with Gasteiger partial charge >= 0.3 is 6.03 Å². The molecule has 0 aliphatic carbocycles. The summed E-state index contributed by atoms with van der Waals surface area (Å²) < 4.78 is 0. The van der Waals surface area contributed by atoms with Gasteiger partial charge in [0.15, 0.2) is 0 Å². The molecule has 25 heavy (non-hydrogen) atoms. The SMILES string of the molecule is CC(C)c1ccc(CCNC(=O)NC2CCN(CC(N)=O)CC2)cc1. The molecule has 6 nitrogen and oxygen atoms in total. The van der Waals surface area contributed by atoms with Crippen LogP contribution in [0.4, 0.5) is 4.79 Å². The Bertz CT molecular complexity index is 563. The molecule has 138 valence electrons. The second-order valence-electron chi connectivity index (χ2n) is 7.06. The van der Waals surface area contributed by atoms with Crippen molar-refractivity contribution in [3.05, 3.63) is 35.4 Å². The van der Waals surface area contributed by atoms with E-state index < -0.39 is 0 Å². The lowest BCUT2D eigenvalue weighted by atomic mass is 10.0. The van der Waals surface area contributed by atoms with Crippen molar-refractivity contribution in [1.29, 1.82) is 0 Å². The van der Waals surface area contributed by atoms with E-state index in [0.29, 0.717) is 19.0 Å². The summed E-state index contributed by atoms with van der Waals surface area (Å²) in [6.07, 6.45) is 2.51. The third-order valence-electron chi connectivity index (χ3n) is 4.65. The maximum atomic E-state index is 12.0. The Morgan fingerprint density at radius 2 is 1.84 bits per heavy atom. The first kappa shape index (κ1) is 19.2. The fourth-order valence-electron chi connectivity index (χ4n) is 3.08. The highest BCUT2D eigenvalue weighted by molar-refractivity contribution is 5.76. The molecule has 1 heterocycles. The van der Waals surface area contributed by atoms with Gasteiger partial charge in [0, 0.05) is 25.7 Å². The van der Waals surface area contributed by atoms with Gasteiger partial charge in [0.25, 0.3) is 0 Å². The number of nitrogens with one attached hydrogen (secondary N) is 2. The molecule has 1 aliphatic heterocycles. The number of piperidine rings is 1. The van der Waals surface area contributed by atoms with Crippen LogP contribution in [0.5, 0.6) is 0 Å². The number of nitrogens with two attached hydrogens (primary N) is 1. The standard InChI is InChI=1S/C19H30N4O2/c1-14(2)16-5-3-15(4-6-16)7-10-21-19(25)22-17-8-11-23(12-9-17)13-18(20)24/h3-6,14,17H,7-13H2,1-2H3,(H2,20,24)(H2,21,22,25). The molecule has 4 N–H and O–H groups in total. The Labute approximate surface area is 150 Å². The van der Waals surface area contributed by atoms with Crippen molar-refractivity contribution in [3.8, 4) is 0 Å². The average Bonchev–Trinajstić information content (AvgIpc) is 2.56. The van der Waals surface area contributed by atoms with E-state index in [-0.39, 0.29) is 18.0 Å². The second kappa shape index (κ2) is 9.42. The molecule has 0 saturated carbocycles. The molecule has 1 fully saturated rings. The fraction of sp³-hybridized carbons (Fsp3) is 0.579. The Morgan fingerprint density at radius 1 is 1.20 bits per heavy atom. The quantitative estimate of drug-likeness (QED) is 0.701. The molecule has 0 bridgehead atoms. The molecule has 2 rings (SSSR count). The highest BCUT2D eigenvalue weighted by atomic mass is 16.2. The van der Waals surface area contributed by atoms with E-state index in [0.717, 1.165) is 32.4 Å². The number of likely N-dealkylation sites (tertiary alicyclic amines) is 1. The minimum atomic E-state index is -0.300. The molecule has 1 aromatic carbocycles. The van der Waals surface area contributed by atoms with Crippen LogP contribution in [0.3, 0.4) is 0 Å². The van der Waals surface area contributed by atoms with Crippen LogP contribution in [0.15, 0.2) is 24.3 Å². The van der Waals surface area contributed by atoms with E-state index >= 15 is 0 Å². The third kappa shape index (κ3) is 6.74. The number of carbonyl (C=O) groups excluding carboxylic acids is 2. The molecule has 1 saturated heterocycles. The largest absolute Gasteiger partial charge is 0.369 e. The van der Waals surface area contributed by atoms with Crippen LogP contribution in [0.25, 0.3) is 0 Å². The molecule has 0 atom stereocenters. The molecular weight excluding hydrogens is 316 g/mol. The second-order valence-corrected chi connectivity index (χ2v) is 7.06. The number of amides is 3. The van der Waals surface area contributed by atoms with Crippen molar-refractivity contribution in [2.45, 2.75) is 45.1 Å². The smallest absolute Gasteiger partial charge is 0.315 e. The summed E-state index contributed by atoms with van der Waals surface area (Å²) in [4.78, 5) is 24.9. The van der Waals surface area contributed by atoms with Crippen LogP contribution >= 0.6 is 0 Å². The van der Waals surface area contributed by atoms with Gasteiger partial charge in [-0.05, 0) is 36.3 Å². The average molecular weight is 346 g/mol. The number of carbonyl (C=O) groups is 2. The Morgan fingerprint density at radius 3 is 2.40 bits per heavy atom. The Hall–Kier alpha value is -2.08. The van der Waals surface area contributed by atoms with Crippen molar-refractivity contribution in [2.75, 3.05) is 26.2 Å². The first-order valence-electron chi connectivity index (χ1n) is 9.08. The van der Waals surface area contributed by atoms with Crippen LogP contribution in [-0.2, 0) is 11.2 Å². The van der Waals surface area contributed by atoms with Gasteiger partial charge in [0.2, 0.25) is 5.91 Å². The predicted molar refractivity (Wildman–Crippen MR) is 99.4 cm³/mol. The normalized spacial score (nSPS) is 16.0. The maximum Gasteiger partial charge on any atom is 0.315 e. The van der Waals surface area contributed by atoms with Crippen molar-refractivity contribution < 1.29 is 9.59 Å². The first-order chi connectivity index (χ1) is 11.9. The van der Waals surface area contributed by atoms with Gasteiger partial charge in [-0.2, -0.15) is 0 Å². The van der Waals surface area contributed by atoms with Gasteiger partial charge in [-0.1, -0.05) is 38.1 Å². The summed E-state index contributed by atoms with van der Waals surface area (Å²) >= 11 is 0. The summed E-state index contributed by atoms with van der Waals surface area (Å²) in [5.41, 5.74) is 7.76. The van der Waals surface area contributed by atoms with Gasteiger partial charge in [0.1, 0.15) is 0 Å². The minimum Gasteiger partial charge on any atom is -0.369 e.